The summed E-state index contributed by atoms with van der Waals surface area (Å²) in [6, 6.07) is 0.356. The van der Waals surface area contributed by atoms with E-state index in [4.69, 9.17) is 5.84 Å². The molecule has 0 saturated carbocycles. The van der Waals surface area contributed by atoms with Gasteiger partial charge in [0.05, 0.1) is 0 Å². The van der Waals surface area contributed by atoms with Gasteiger partial charge in [-0.25, -0.2) is 10.8 Å². The first-order valence-electron chi connectivity index (χ1n) is 6.64. The van der Waals surface area contributed by atoms with Crippen LogP contribution in [0.1, 0.15) is 25.8 Å². The number of nitrogens with two attached hydrogens (primary N) is 1. The number of nitrogens with one attached hydrogen (secondary N) is 2. The highest BCUT2D eigenvalue weighted by molar-refractivity contribution is 5.46. The van der Waals surface area contributed by atoms with Gasteiger partial charge < -0.3 is 10.2 Å². The number of rotatable bonds is 7. The van der Waals surface area contributed by atoms with E-state index in [2.05, 4.69) is 53.6 Å². The fourth-order valence-corrected chi connectivity index (χ4v) is 2.04. The number of anilines is 2. The second-order valence-corrected chi connectivity index (χ2v) is 5.60. The van der Waals surface area contributed by atoms with Crippen LogP contribution in [0.4, 0.5) is 11.8 Å². The van der Waals surface area contributed by atoms with Gasteiger partial charge in [0.2, 0.25) is 5.95 Å². The molecule has 0 aliphatic carbocycles. The van der Waals surface area contributed by atoms with Crippen molar-refractivity contribution in [2.75, 3.05) is 31.4 Å². The zero-order chi connectivity index (χ0) is 14.4. The van der Waals surface area contributed by atoms with Crippen LogP contribution in [-0.2, 0) is 0 Å². The van der Waals surface area contributed by atoms with Crippen LogP contribution in [0.2, 0.25) is 0 Å². The number of nitrogens with zero attached hydrogens (tertiary/aromatic N) is 3. The third kappa shape index (κ3) is 5.40. The summed E-state index contributed by atoms with van der Waals surface area (Å²) in [5.74, 6) is 7.26. The molecule has 108 valence electrons. The molecule has 0 radical (unpaired) electrons. The second kappa shape index (κ2) is 7.25. The summed E-state index contributed by atoms with van der Waals surface area (Å²) in [5.41, 5.74) is 3.50. The number of hydrazine groups is 1. The number of hydrogen-bond acceptors (Lipinski definition) is 6. The molecule has 1 rings (SSSR count). The number of nitrogen functional groups attached to an aromatic ring is 1. The fourth-order valence-electron chi connectivity index (χ4n) is 2.04. The third-order valence-corrected chi connectivity index (χ3v) is 2.78. The van der Waals surface area contributed by atoms with Crippen molar-refractivity contribution in [1.82, 2.24) is 14.9 Å². The van der Waals surface area contributed by atoms with E-state index in [0.29, 0.717) is 17.9 Å². The molecule has 1 atom stereocenters. The maximum absolute atomic E-state index is 5.35. The van der Waals surface area contributed by atoms with Crippen LogP contribution < -0.4 is 16.6 Å². The van der Waals surface area contributed by atoms with Gasteiger partial charge in [0.15, 0.2) is 0 Å². The lowest BCUT2D eigenvalue weighted by Gasteiger charge is -2.25. The molecule has 0 aromatic carbocycles. The molecule has 1 unspecified atom stereocenters. The highest BCUT2D eigenvalue weighted by Gasteiger charge is 2.14. The van der Waals surface area contributed by atoms with Crippen molar-refractivity contribution in [3.8, 4) is 0 Å². The van der Waals surface area contributed by atoms with Crippen LogP contribution in [0.5, 0.6) is 0 Å². The first kappa shape index (κ1) is 15.7. The van der Waals surface area contributed by atoms with E-state index in [1.807, 2.05) is 6.92 Å². The molecule has 0 fully saturated rings. The number of likely N-dealkylation sites (N-methyl/N-ethyl adjacent to an activating group) is 1. The molecule has 1 aromatic heterocycles. The summed E-state index contributed by atoms with van der Waals surface area (Å²) >= 11 is 0. The Morgan fingerprint density at radius 1 is 1.37 bits per heavy atom. The molecule has 6 nitrogen and oxygen atoms in total. The third-order valence-electron chi connectivity index (χ3n) is 2.78. The molecule has 19 heavy (non-hydrogen) atoms. The topological polar surface area (TPSA) is 79.1 Å². The average molecular weight is 266 g/mol. The Labute approximate surface area is 115 Å². The first-order chi connectivity index (χ1) is 8.92. The van der Waals surface area contributed by atoms with Crippen LogP contribution in [0.25, 0.3) is 0 Å². The standard InChI is InChI=1S/C13H26N6/c1-9(2)6-11(8-19(4)5)16-12-10(3)7-15-13(17-12)18-14/h7,9,11H,6,8,14H2,1-5H3,(H2,15,16,17,18). The van der Waals surface area contributed by atoms with E-state index in [1.165, 1.54) is 0 Å². The first-order valence-corrected chi connectivity index (χ1v) is 6.64. The molecule has 0 amide bonds. The fraction of sp³-hybridized carbons (Fsp3) is 0.692. The van der Waals surface area contributed by atoms with Crippen LogP contribution in [0.15, 0.2) is 6.20 Å². The molecule has 0 spiro atoms. The van der Waals surface area contributed by atoms with Crippen molar-refractivity contribution in [1.29, 1.82) is 0 Å². The van der Waals surface area contributed by atoms with Gasteiger partial charge >= 0.3 is 0 Å². The van der Waals surface area contributed by atoms with Crippen LogP contribution >= 0.6 is 0 Å². The van der Waals surface area contributed by atoms with Crippen molar-refractivity contribution in [3.63, 3.8) is 0 Å². The average Bonchev–Trinajstić information content (AvgIpc) is 2.30. The molecule has 6 heteroatoms. The Balaban J connectivity index is 2.82. The summed E-state index contributed by atoms with van der Waals surface area (Å²) in [6.07, 6.45) is 2.86. The molecular weight excluding hydrogens is 240 g/mol. The van der Waals surface area contributed by atoms with Crippen molar-refractivity contribution in [2.45, 2.75) is 33.2 Å². The van der Waals surface area contributed by atoms with E-state index in [0.717, 1.165) is 24.3 Å². The molecule has 1 heterocycles. The van der Waals surface area contributed by atoms with Crippen LogP contribution in [-0.4, -0.2) is 41.5 Å². The number of hydrogen-bond donors (Lipinski definition) is 3. The van der Waals surface area contributed by atoms with Crippen molar-refractivity contribution in [3.05, 3.63) is 11.8 Å². The maximum Gasteiger partial charge on any atom is 0.239 e. The molecule has 4 N–H and O–H groups in total. The van der Waals surface area contributed by atoms with E-state index < -0.39 is 0 Å². The Morgan fingerprint density at radius 2 is 2.05 bits per heavy atom. The van der Waals surface area contributed by atoms with Gasteiger partial charge in [-0.05, 0) is 33.4 Å². The lowest BCUT2D eigenvalue weighted by molar-refractivity contribution is 0.356. The second-order valence-electron chi connectivity index (χ2n) is 5.60. The Hall–Kier alpha value is -1.40. The normalized spacial score (nSPS) is 12.8. The van der Waals surface area contributed by atoms with Gasteiger partial charge in [0.25, 0.3) is 0 Å². The van der Waals surface area contributed by atoms with E-state index in [1.54, 1.807) is 6.20 Å². The predicted octanol–water partition coefficient (Wildman–Crippen LogP) is 1.46. The van der Waals surface area contributed by atoms with Crippen molar-refractivity contribution < 1.29 is 0 Å². The highest BCUT2D eigenvalue weighted by Crippen LogP contribution is 2.16. The summed E-state index contributed by atoms with van der Waals surface area (Å²) < 4.78 is 0. The zero-order valence-electron chi connectivity index (χ0n) is 12.6. The van der Waals surface area contributed by atoms with Crippen LogP contribution in [0.3, 0.4) is 0 Å². The summed E-state index contributed by atoms with van der Waals surface area (Å²) in [7, 11) is 4.16. The van der Waals surface area contributed by atoms with Gasteiger partial charge in [-0.15, -0.1) is 0 Å². The van der Waals surface area contributed by atoms with E-state index in [-0.39, 0.29) is 0 Å². The molecule has 1 aromatic rings. The van der Waals surface area contributed by atoms with Gasteiger partial charge in [-0.2, -0.15) is 4.98 Å². The van der Waals surface area contributed by atoms with Gasteiger partial charge in [-0.1, -0.05) is 13.8 Å². The van der Waals surface area contributed by atoms with E-state index >= 15 is 0 Å². The summed E-state index contributed by atoms with van der Waals surface area (Å²) in [5, 5.41) is 3.50. The van der Waals surface area contributed by atoms with Gasteiger partial charge in [0.1, 0.15) is 5.82 Å². The largest absolute Gasteiger partial charge is 0.366 e. The molecule has 0 bridgehead atoms. The minimum atomic E-state index is 0.356. The lowest BCUT2D eigenvalue weighted by Crippen LogP contribution is -2.34. The summed E-state index contributed by atoms with van der Waals surface area (Å²) in [4.78, 5) is 10.6. The zero-order valence-corrected chi connectivity index (χ0v) is 12.6. The SMILES string of the molecule is Cc1cnc(NN)nc1NC(CC(C)C)CN(C)C. The minimum absolute atomic E-state index is 0.356. The molecule has 0 saturated heterocycles. The smallest absolute Gasteiger partial charge is 0.239 e. The van der Waals surface area contributed by atoms with Gasteiger partial charge in [-0.3, -0.25) is 5.43 Å². The van der Waals surface area contributed by atoms with E-state index in [9.17, 15) is 0 Å². The predicted molar refractivity (Wildman–Crippen MR) is 80.0 cm³/mol. The number of aryl methyl sites for hydroxylation is 1. The minimum Gasteiger partial charge on any atom is -0.366 e. The highest BCUT2D eigenvalue weighted by atomic mass is 15.3. The summed E-state index contributed by atoms with van der Waals surface area (Å²) in [6.45, 7) is 7.41. The lowest BCUT2D eigenvalue weighted by atomic mass is 10.0. The molecular formula is C13H26N6. The molecule has 0 aliphatic heterocycles. The monoisotopic (exact) mass is 266 g/mol. The Kier molecular flexibility index (Phi) is 5.98. The van der Waals surface area contributed by atoms with Crippen molar-refractivity contribution in [2.24, 2.45) is 11.8 Å². The molecule has 0 aliphatic rings. The van der Waals surface area contributed by atoms with Crippen molar-refractivity contribution >= 4 is 11.8 Å². The van der Waals surface area contributed by atoms with Crippen LogP contribution in [0, 0.1) is 12.8 Å². The number of aromatic nitrogens is 2. The quantitative estimate of drug-likeness (QED) is 0.512. The Morgan fingerprint density at radius 3 is 2.58 bits per heavy atom. The Bertz CT molecular complexity index is 381. The maximum atomic E-state index is 5.35. The van der Waals surface area contributed by atoms with Gasteiger partial charge in [0, 0.05) is 24.3 Å².